The molecule has 0 saturated carbocycles. The Balaban J connectivity index is 0.00000222. The van der Waals surface area contributed by atoms with Crippen molar-refractivity contribution < 1.29 is 27.0 Å². The van der Waals surface area contributed by atoms with E-state index in [4.69, 9.17) is 22.4 Å². The minimum absolute atomic E-state index is 0.604. The van der Waals surface area contributed by atoms with Gasteiger partial charge < -0.3 is 14.0 Å². The van der Waals surface area contributed by atoms with Crippen LogP contribution in [0.2, 0.25) is 0 Å². The van der Waals surface area contributed by atoms with Crippen LogP contribution in [0.15, 0.2) is 29.2 Å². The molecule has 8 heteroatoms. The molecule has 0 aliphatic carbocycles. The standard InChI is InChI=1S/C27H50NO2S.CH4O3S/c1-3-4-5-6-7-8-9-10-11-12-13-14-15-17-21-29-24-27(2)25-30-22-18-16-19-28-20-23-31-26-28;1-5(2,3)4/h20,23,26H,2-19,21-22,24-25H2,1H3;1H3,(H,2,3,4)/q+1;/p-1. The van der Waals surface area contributed by atoms with Gasteiger partial charge in [-0.3, -0.25) is 0 Å². The number of thiazole rings is 1. The average Bonchev–Trinajstić information content (AvgIpc) is 3.33. The van der Waals surface area contributed by atoms with Gasteiger partial charge in [-0.25, -0.2) is 8.42 Å². The van der Waals surface area contributed by atoms with E-state index in [1.807, 2.05) is 0 Å². The molecule has 0 unspecified atom stereocenters. The maximum absolute atomic E-state index is 9.08. The van der Waals surface area contributed by atoms with Crippen molar-refractivity contribution in [3.05, 3.63) is 29.2 Å². The quantitative estimate of drug-likeness (QED) is 0.0600. The summed E-state index contributed by atoms with van der Waals surface area (Å²) in [4.78, 5) is 0. The first-order valence-corrected chi connectivity index (χ1v) is 16.7. The first-order chi connectivity index (χ1) is 17.3. The fourth-order valence-corrected chi connectivity index (χ4v) is 4.39. The van der Waals surface area contributed by atoms with Crippen LogP contribution < -0.4 is 4.57 Å². The third-order valence-electron chi connectivity index (χ3n) is 5.74. The van der Waals surface area contributed by atoms with E-state index in [-0.39, 0.29) is 0 Å². The SMILES string of the molecule is C=C(COCCCCCCCCCCCCCCCC)COCCCC[n+]1ccsc1.CS(=O)(=O)[O-]. The molecular formula is C28H53NO5S2. The summed E-state index contributed by atoms with van der Waals surface area (Å²) in [7, 11) is -3.92. The van der Waals surface area contributed by atoms with Crippen LogP contribution >= 0.6 is 11.3 Å². The summed E-state index contributed by atoms with van der Waals surface area (Å²) >= 11 is 1.74. The summed E-state index contributed by atoms with van der Waals surface area (Å²) in [5, 5.41) is 2.11. The van der Waals surface area contributed by atoms with Gasteiger partial charge >= 0.3 is 0 Å². The van der Waals surface area contributed by atoms with Gasteiger partial charge in [0, 0.05) is 25.9 Å². The van der Waals surface area contributed by atoms with Crippen LogP contribution in [0.3, 0.4) is 0 Å². The van der Waals surface area contributed by atoms with E-state index in [0.717, 1.165) is 38.2 Å². The Morgan fingerprint density at radius 1 is 0.806 bits per heavy atom. The Morgan fingerprint density at radius 3 is 1.64 bits per heavy atom. The minimum Gasteiger partial charge on any atom is -0.748 e. The highest BCUT2D eigenvalue weighted by molar-refractivity contribution is 7.84. The second kappa shape index (κ2) is 25.8. The first-order valence-electron chi connectivity index (χ1n) is 14.0. The number of hydrogen-bond donors (Lipinski definition) is 0. The second-order valence-corrected chi connectivity index (χ2v) is 11.8. The van der Waals surface area contributed by atoms with Crippen LogP contribution in [0, 0.1) is 0 Å². The molecule has 0 fully saturated rings. The van der Waals surface area contributed by atoms with Crippen LogP contribution in [0.5, 0.6) is 0 Å². The monoisotopic (exact) mass is 547 g/mol. The summed E-state index contributed by atoms with van der Waals surface area (Å²) in [6, 6.07) is 0. The summed E-state index contributed by atoms with van der Waals surface area (Å²) in [5.41, 5.74) is 3.20. The molecule has 0 bridgehead atoms. The summed E-state index contributed by atoms with van der Waals surface area (Å²) < 4.78 is 40.9. The summed E-state index contributed by atoms with van der Waals surface area (Å²) in [6.07, 6.45) is 24.5. The zero-order valence-electron chi connectivity index (χ0n) is 23.1. The highest BCUT2D eigenvalue weighted by Crippen LogP contribution is 2.13. The lowest BCUT2D eigenvalue weighted by Crippen LogP contribution is -2.29. The Kier molecular flexibility index (Phi) is 25.3. The first kappa shape index (κ1) is 35.2. The molecule has 1 aromatic rings. The molecule has 0 aliphatic heterocycles. The van der Waals surface area contributed by atoms with Crippen molar-refractivity contribution in [2.45, 2.75) is 116 Å². The van der Waals surface area contributed by atoms with Gasteiger partial charge in [0.15, 0.2) is 6.20 Å². The van der Waals surface area contributed by atoms with E-state index in [2.05, 4.69) is 35.2 Å². The predicted octanol–water partition coefficient (Wildman–Crippen LogP) is 7.05. The van der Waals surface area contributed by atoms with Gasteiger partial charge in [0.2, 0.25) is 5.51 Å². The van der Waals surface area contributed by atoms with Crippen molar-refractivity contribution >= 4 is 21.5 Å². The van der Waals surface area contributed by atoms with Gasteiger partial charge in [0.1, 0.15) is 6.54 Å². The smallest absolute Gasteiger partial charge is 0.224 e. The predicted molar refractivity (Wildman–Crippen MR) is 150 cm³/mol. The summed E-state index contributed by atoms with van der Waals surface area (Å²) in [6.45, 7) is 10.4. The number of rotatable bonds is 24. The number of hydrogen-bond acceptors (Lipinski definition) is 6. The van der Waals surface area contributed by atoms with E-state index in [1.165, 1.54) is 89.9 Å². The molecule has 0 saturated heterocycles. The number of aryl methyl sites for hydroxylation is 1. The van der Waals surface area contributed by atoms with E-state index in [1.54, 1.807) is 11.3 Å². The average molecular weight is 548 g/mol. The van der Waals surface area contributed by atoms with Gasteiger partial charge in [-0.15, -0.1) is 0 Å². The molecule has 0 radical (unpaired) electrons. The molecule has 0 spiro atoms. The second-order valence-electron chi connectivity index (χ2n) is 9.63. The van der Waals surface area contributed by atoms with Crippen molar-refractivity contribution in [3.63, 3.8) is 0 Å². The summed E-state index contributed by atoms with van der Waals surface area (Å²) in [5.74, 6) is 0. The molecule has 0 amide bonds. The molecule has 0 atom stereocenters. The fraction of sp³-hybridized carbons (Fsp3) is 0.821. The molecule has 0 aromatic carbocycles. The van der Waals surface area contributed by atoms with E-state index >= 15 is 0 Å². The molecule has 0 aliphatic rings. The molecular weight excluding hydrogens is 494 g/mol. The zero-order chi connectivity index (χ0) is 26.7. The van der Waals surface area contributed by atoms with Gasteiger partial charge in [-0.05, 0) is 18.4 Å². The molecule has 1 aromatic heterocycles. The highest BCUT2D eigenvalue weighted by Gasteiger charge is 2.01. The van der Waals surface area contributed by atoms with Crippen LogP contribution in [0.4, 0.5) is 0 Å². The number of nitrogens with zero attached hydrogens (tertiary/aromatic N) is 1. The van der Waals surface area contributed by atoms with E-state index in [9.17, 15) is 0 Å². The van der Waals surface area contributed by atoms with Crippen LogP contribution in [-0.2, 0) is 26.1 Å². The number of unbranched alkanes of at least 4 members (excludes halogenated alkanes) is 14. The van der Waals surface area contributed by atoms with Gasteiger partial charge in [-0.1, -0.05) is 108 Å². The topological polar surface area (TPSA) is 79.5 Å². The zero-order valence-corrected chi connectivity index (χ0v) is 24.7. The lowest BCUT2D eigenvalue weighted by molar-refractivity contribution is -0.692. The van der Waals surface area contributed by atoms with Gasteiger partial charge in [-0.2, -0.15) is 4.57 Å². The maximum atomic E-state index is 9.08. The van der Waals surface area contributed by atoms with Crippen LogP contribution in [0.25, 0.3) is 0 Å². The van der Waals surface area contributed by atoms with Gasteiger partial charge in [0.05, 0.1) is 28.7 Å². The molecule has 1 heterocycles. The lowest BCUT2D eigenvalue weighted by atomic mass is 10.0. The molecule has 212 valence electrons. The van der Waals surface area contributed by atoms with Crippen molar-refractivity contribution in [2.75, 3.05) is 32.7 Å². The lowest BCUT2D eigenvalue weighted by Gasteiger charge is -2.08. The van der Waals surface area contributed by atoms with Crippen molar-refractivity contribution in [2.24, 2.45) is 0 Å². The fourth-order valence-electron chi connectivity index (χ4n) is 3.76. The minimum atomic E-state index is -3.92. The maximum Gasteiger partial charge on any atom is 0.224 e. The van der Waals surface area contributed by atoms with E-state index in [0.29, 0.717) is 19.5 Å². The van der Waals surface area contributed by atoms with Crippen LogP contribution in [-0.4, -0.2) is 45.7 Å². The number of aromatic nitrogens is 1. The molecule has 6 nitrogen and oxygen atoms in total. The van der Waals surface area contributed by atoms with Crippen molar-refractivity contribution in [3.8, 4) is 0 Å². The number of ether oxygens (including phenoxy) is 2. The third kappa shape index (κ3) is 31.2. The Hall–Kier alpha value is -0.800. The normalized spacial score (nSPS) is 11.3. The Labute approximate surface area is 226 Å². The third-order valence-corrected chi connectivity index (χ3v) is 6.41. The Bertz CT molecular complexity index is 685. The molecule has 36 heavy (non-hydrogen) atoms. The van der Waals surface area contributed by atoms with Gasteiger partial charge in [0.25, 0.3) is 0 Å². The highest BCUT2D eigenvalue weighted by atomic mass is 32.2. The van der Waals surface area contributed by atoms with Crippen molar-refractivity contribution in [1.29, 1.82) is 0 Å². The Morgan fingerprint density at radius 2 is 1.22 bits per heavy atom. The molecule has 0 N–H and O–H groups in total. The molecule has 1 rings (SSSR count). The van der Waals surface area contributed by atoms with Crippen LogP contribution in [0.1, 0.15) is 110 Å². The largest absolute Gasteiger partial charge is 0.748 e. The van der Waals surface area contributed by atoms with E-state index < -0.39 is 10.1 Å². The van der Waals surface area contributed by atoms with Crippen molar-refractivity contribution in [1.82, 2.24) is 0 Å².